The van der Waals surface area contributed by atoms with E-state index in [1.165, 1.54) is 5.56 Å². The summed E-state index contributed by atoms with van der Waals surface area (Å²) in [5, 5.41) is 3.30. The molecule has 0 bridgehead atoms. The number of carbonyl (C=O) groups excluding carboxylic acids is 1. The van der Waals surface area contributed by atoms with E-state index in [9.17, 15) is 4.79 Å². The van der Waals surface area contributed by atoms with Gasteiger partial charge in [0, 0.05) is 36.0 Å². The maximum absolute atomic E-state index is 12.8. The Bertz CT molecular complexity index is 953. The van der Waals surface area contributed by atoms with E-state index in [2.05, 4.69) is 53.4 Å². The minimum absolute atomic E-state index is 0.0626. The summed E-state index contributed by atoms with van der Waals surface area (Å²) in [5.74, 6) is 0.756. The van der Waals surface area contributed by atoms with Crippen LogP contribution in [-0.4, -0.2) is 33.9 Å². The van der Waals surface area contributed by atoms with Gasteiger partial charge < -0.3 is 10.2 Å². The molecular weight excluding hydrogens is 360 g/mol. The zero-order valence-corrected chi connectivity index (χ0v) is 17.4. The van der Waals surface area contributed by atoms with Gasteiger partial charge in [-0.15, -0.1) is 0 Å². The van der Waals surface area contributed by atoms with Crippen LogP contribution in [0.15, 0.2) is 60.9 Å². The van der Waals surface area contributed by atoms with Crippen molar-refractivity contribution in [1.82, 2.24) is 14.9 Å². The van der Waals surface area contributed by atoms with E-state index in [1.54, 1.807) is 6.33 Å². The Labute approximate surface area is 172 Å². The lowest BCUT2D eigenvalue weighted by Gasteiger charge is -2.21. The fourth-order valence-electron chi connectivity index (χ4n) is 3.12. The molecule has 0 saturated carbocycles. The number of aromatic nitrogens is 2. The molecule has 29 heavy (non-hydrogen) atoms. The van der Waals surface area contributed by atoms with Crippen LogP contribution in [0.3, 0.4) is 0 Å². The molecule has 0 unspecified atom stereocenters. The molecule has 0 atom stereocenters. The fraction of sp³-hybridized carbons (Fsp3) is 0.292. The third-order valence-electron chi connectivity index (χ3n) is 4.85. The lowest BCUT2D eigenvalue weighted by Crippen LogP contribution is -2.31. The summed E-state index contributed by atoms with van der Waals surface area (Å²) in [7, 11) is 0. The number of benzene rings is 2. The Hall–Kier alpha value is -3.21. The predicted molar refractivity (Wildman–Crippen MR) is 118 cm³/mol. The van der Waals surface area contributed by atoms with Gasteiger partial charge in [0.1, 0.15) is 12.1 Å². The molecule has 1 heterocycles. The van der Waals surface area contributed by atoms with E-state index >= 15 is 0 Å². The molecule has 1 N–H and O–H groups in total. The molecule has 0 aliphatic heterocycles. The molecular formula is C24H28N4O. The topological polar surface area (TPSA) is 58.1 Å². The SMILES string of the molecule is CCCCN(CC)C(=O)c1cccc(Nc2cc(-c3ccc(C)cc3)ncn2)c1. The molecule has 0 saturated heterocycles. The van der Waals surface area contributed by atoms with Crippen LogP contribution in [-0.2, 0) is 0 Å². The van der Waals surface area contributed by atoms with E-state index in [4.69, 9.17) is 0 Å². The van der Waals surface area contributed by atoms with E-state index in [-0.39, 0.29) is 5.91 Å². The van der Waals surface area contributed by atoms with E-state index in [0.29, 0.717) is 17.9 Å². The van der Waals surface area contributed by atoms with Crippen molar-refractivity contribution in [2.75, 3.05) is 18.4 Å². The first kappa shape index (κ1) is 20.5. The Kier molecular flexibility index (Phi) is 6.95. The predicted octanol–water partition coefficient (Wildman–Crippen LogP) is 5.46. The molecule has 1 aromatic heterocycles. The average Bonchev–Trinajstić information content (AvgIpc) is 2.75. The third-order valence-corrected chi connectivity index (χ3v) is 4.85. The number of carbonyl (C=O) groups is 1. The van der Waals surface area contributed by atoms with Crippen molar-refractivity contribution in [3.8, 4) is 11.3 Å². The highest BCUT2D eigenvalue weighted by molar-refractivity contribution is 5.95. The van der Waals surface area contributed by atoms with Crippen molar-refractivity contribution in [3.05, 3.63) is 72.1 Å². The van der Waals surface area contributed by atoms with Crippen molar-refractivity contribution in [2.24, 2.45) is 0 Å². The zero-order chi connectivity index (χ0) is 20.6. The summed E-state index contributed by atoms with van der Waals surface area (Å²) < 4.78 is 0. The van der Waals surface area contributed by atoms with Crippen LogP contribution < -0.4 is 5.32 Å². The largest absolute Gasteiger partial charge is 0.340 e. The van der Waals surface area contributed by atoms with Gasteiger partial charge in [-0.25, -0.2) is 9.97 Å². The number of nitrogens with one attached hydrogen (secondary N) is 1. The van der Waals surface area contributed by atoms with Crippen molar-refractivity contribution in [2.45, 2.75) is 33.6 Å². The summed E-state index contributed by atoms with van der Waals surface area (Å²) in [6, 6.07) is 17.7. The number of nitrogens with zero attached hydrogens (tertiary/aromatic N) is 3. The molecule has 1 amide bonds. The van der Waals surface area contributed by atoms with Gasteiger partial charge in [0.15, 0.2) is 0 Å². The molecule has 3 rings (SSSR count). The van der Waals surface area contributed by atoms with E-state index in [0.717, 1.165) is 36.3 Å². The van der Waals surface area contributed by atoms with Crippen LogP contribution in [0.2, 0.25) is 0 Å². The van der Waals surface area contributed by atoms with Gasteiger partial charge in [-0.2, -0.15) is 0 Å². The lowest BCUT2D eigenvalue weighted by atomic mass is 10.1. The number of amides is 1. The quantitative estimate of drug-likeness (QED) is 0.557. The van der Waals surface area contributed by atoms with Crippen LogP contribution in [0, 0.1) is 6.92 Å². The smallest absolute Gasteiger partial charge is 0.253 e. The second kappa shape index (κ2) is 9.82. The fourth-order valence-corrected chi connectivity index (χ4v) is 3.12. The summed E-state index contributed by atoms with van der Waals surface area (Å²) in [6.07, 6.45) is 3.64. The summed E-state index contributed by atoms with van der Waals surface area (Å²) in [5.41, 5.74) is 4.62. The summed E-state index contributed by atoms with van der Waals surface area (Å²) >= 11 is 0. The number of anilines is 2. The van der Waals surface area contributed by atoms with Crippen LogP contribution in [0.1, 0.15) is 42.6 Å². The summed E-state index contributed by atoms with van der Waals surface area (Å²) in [4.78, 5) is 23.4. The van der Waals surface area contributed by atoms with E-state index in [1.807, 2.05) is 42.2 Å². The van der Waals surface area contributed by atoms with Gasteiger partial charge >= 0.3 is 0 Å². The number of hydrogen-bond donors (Lipinski definition) is 1. The van der Waals surface area contributed by atoms with Gasteiger partial charge in [0.05, 0.1) is 5.69 Å². The highest BCUT2D eigenvalue weighted by Gasteiger charge is 2.14. The van der Waals surface area contributed by atoms with Crippen LogP contribution in [0.4, 0.5) is 11.5 Å². The maximum Gasteiger partial charge on any atom is 0.253 e. The van der Waals surface area contributed by atoms with Gasteiger partial charge in [0.2, 0.25) is 0 Å². The van der Waals surface area contributed by atoms with Crippen molar-refractivity contribution in [1.29, 1.82) is 0 Å². The highest BCUT2D eigenvalue weighted by Crippen LogP contribution is 2.22. The van der Waals surface area contributed by atoms with Crippen molar-refractivity contribution < 1.29 is 4.79 Å². The molecule has 0 aliphatic rings. The Morgan fingerprint density at radius 1 is 1.03 bits per heavy atom. The molecule has 5 nitrogen and oxygen atoms in total. The standard InChI is InChI=1S/C24H28N4O/c1-4-6-14-28(5-2)24(29)20-8-7-9-21(15-20)27-23-16-22(25-17-26-23)19-12-10-18(3)11-13-19/h7-13,15-17H,4-6,14H2,1-3H3,(H,25,26,27). The monoisotopic (exact) mass is 388 g/mol. The average molecular weight is 389 g/mol. The Morgan fingerprint density at radius 3 is 2.55 bits per heavy atom. The van der Waals surface area contributed by atoms with E-state index < -0.39 is 0 Å². The molecule has 0 fully saturated rings. The van der Waals surface area contributed by atoms with Gasteiger partial charge in [0.25, 0.3) is 5.91 Å². The Morgan fingerprint density at radius 2 is 1.83 bits per heavy atom. The molecule has 150 valence electrons. The number of aryl methyl sites for hydroxylation is 1. The molecule has 0 spiro atoms. The van der Waals surface area contributed by atoms with Crippen LogP contribution >= 0.6 is 0 Å². The normalized spacial score (nSPS) is 10.6. The molecule has 3 aromatic rings. The number of hydrogen-bond acceptors (Lipinski definition) is 4. The van der Waals surface area contributed by atoms with Gasteiger partial charge in [-0.1, -0.05) is 49.2 Å². The number of unbranched alkanes of at least 4 members (excludes halogenated alkanes) is 1. The van der Waals surface area contributed by atoms with Crippen molar-refractivity contribution in [3.63, 3.8) is 0 Å². The molecule has 2 aromatic carbocycles. The first-order valence-corrected chi connectivity index (χ1v) is 10.2. The first-order valence-electron chi connectivity index (χ1n) is 10.2. The second-order valence-corrected chi connectivity index (χ2v) is 7.10. The summed E-state index contributed by atoms with van der Waals surface area (Å²) in [6.45, 7) is 7.71. The Balaban J connectivity index is 1.77. The molecule has 5 heteroatoms. The first-order chi connectivity index (χ1) is 14.1. The molecule has 0 aliphatic carbocycles. The lowest BCUT2D eigenvalue weighted by molar-refractivity contribution is 0.0762. The maximum atomic E-state index is 12.8. The minimum atomic E-state index is 0.0626. The van der Waals surface area contributed by atoms with Gasteiger partial charge in [-0.3, -0.25) is 4.79 Å². The highest BCUT2D eigenvalue weighted by atomic mass is 16.2. The van der Waals surface area contributed by atoms with Gasteiger partial charge in [-0.05, 0) is 38.5 Å². The van der Waals surface area contributed by atoms with Crippen molar-refractivity contribution >= 4 is 17.4 Å². The minimum Gasteiger partial charge on any atom is -0.340 e. The third kappa shape index (κ3) is 5.41. The van der Waals surface area contributed by atoms with Crippen LogP contribution in [0.25, 0.3) is 11.3 Å². The second-order valence-electron chi connectivity index (χ2n) is 7.10. The zero-order valence-electron chi connectivity index (χ0n) is 17.4. The van der Waals surface area contributed by atoms with Crippen LogP contribution in [0.5, 0.6) is 0 Å². The molecule has 0 radical (unpaired) electrons. The number of rotatable bonds is 8.